The van der Waals surface area contributed by atoms with Gasteiger partial charge < -0.3 is 14.5 Å². The molecule has 0 aromatic carbocycles. The van der Waals surface area contributed by atoms with Crippen LogP contribution in [0.15, 0.2) is 24.4 Å². The topological polar surface area (TPSA) is 100 Å². The summed E-state index contributed by atoms with van der Waals surface area (Å²) in [4.78, 5) is 29.8. The predicted molar refractivity (Wildman–Crippen MR) is 127 cm³/mol. The van der Waals surface area contributed by atoms with Gasteiger partial charge in [-0.3, -0.25) is 9.89 Å². The van der Waals surface area contributed by atoms with Crippen LogP contribution in [0.3, 0.4) is 0 Å². The van der Waals surface area contributed by atoms with Crippen molar-refractivity contribution in [1.29, 1.82) is 0 Å². The summed E-state index contributed by atoms with van der Waals surface area (Å²) in [6.07, 6.45) is 10.00. The van der Waals surface area contributed by atoms with E-state index < -0.39 is 6.17 Å². The highest BCUT2D eigenvalue weighted by Gasteiger charge is 2.42. The van der Waals surface area contributed by atoms with Crippen molar-refractivity contribution < 1.29 is 13.9 Å². The first kappa shape index (κ1) is 21.8. The number of halogens is 1. The number of nitrogens with zero attached hydrogens (tertiary/aromatic N) is 6. The summed E-state index contributed by atoms with van der Waals surface area (Å²) in [6, 6.07) is 5.78. The van der Waals surface area contributed by atoms with Crippen LogP contribution < -0.4 is 9.64 Å². The number of alkyl halides is 1. The number of pyridine rings is 1. The highest BCUT2D eigenvalue weighted by atomic mass is 19.1. The van der Waals surface area contributed by atoms with Crippen LogP contribution >= 0.6 is 0 Å². The van der Waals surface area contributed by atoms with Crippen LogP contribution in [0.5, 0.6) is 6.01 Å². The summed E-state index contributed by atoms with van der Waals surface area (Å²) in [5.74, 6) is 3.41. The van der Waals surface area contributed by atoms with E-state index >= 15 is 0 Å². The van der Waals surface area contributed by atoms with Crippen molar-refractivity contribution in [3.8, 4) is 18.4 Å². The lowest BCUT2D eigenvalue weighted by molar-refractivity contribution is 0.0393. The zero-order valence-electron chi connectivity index (χ0n) is 19.3. The number of hydrogen-bond donors (Lipinski definition) is 1. The second-order valence-corrected chi connectivity index (χ2v) is 9.68. The van der Waals surface area contributed by atoms with Crippen molar-refractivity contribution in [1.82, 2.24) is 30.0 Å². The van der Waals surface area contributed by atoms with Crippen molar-refractivity contribution in [2.24, 2.45) is 5.41 Å². The van der Waals surface area contributed by atoms with Gasteiger partial charge in [-0.25, -0.2) is 9.37 Å². The molecule has 1 amide bonds. The molecule has 3 aliphatic rings. The first-order valence-corrected chi connectivity index (χ1v) is 12.0. The Morgan fingerprint density at radius 2 is 2.09 bits per heavy atom. The maximum atomic E-state index is 13.4. The number of anilines is 1. The number of amides is 1. The van der Waals surface area contributed by atoms with Crippen molar-refractivity contribution in [3.05, 3.63) is 35.8 Å². The van der Waals surface area contributed by atoms with Gasteiger partial charge in [-0.2, -0.15) is 15.1 Å². The predicted octanol–water partition coefficient (Wildman–Crippen LogP) is 2.72. The van der Waals surface area contributed by atoms with E-state index in [1.807, 2.05) is 12.1 Å². The van der Waals surface area contributed by atoms with Crippen LogP contribution in [-0.2, 0) is 0 Å². The van der Waals surface area contributed by atoms with E-state index in [1.54, 1.807) is 12.3 Å². The lowest BCUT2D eigenvalue weighted by Crippen LogP contribution is -2.51. The molecule has 2 aliphatic heterocycles. The molecule has 1 aliphatic carbocycles. The van der Waals surface area contributed by atoms with Gasteiger partial charge in [0.1, 0.15) is 24.3 Å². The summed E-state index contributed by atoms with van der Waals surface area (Å²) >= 11 is 0. The number of carbonyl (C=O) groups is 1. The van der Waals surface area contributed by atoms with Crippen LogP contribution in [0.4, 0.5) is 10.2 Å². The van der Waals surface area contributed by atoms with Crippen LogP contribution in [0.2, 0.25) is 0 Å². The molecule has 0 bridgehead atoms. The Labute approximate surface area is 202 Å². The molecule has 10 heteroatoms. The van der Waals surface area contributed by atoms with Gasteiger partial charge >= 0.3 is 6.01 Å². The fourth-order valence-electron chi connectivity index (χ4n) is 4.75. The molecule has 1 saturated carbocycles. The molecule has 35 heavy (non-hydrogen) atoms. The first-order valence-electron chi connectivity index (χ1n) is 12.0. The summed E-state index contributed by atoms with van der Waals surface area (Å²) in [6.45, 7) is 1.99. The Bertz CT molecular complexity index is 1300. The summed E-state index contributed by atoms with van der Waals surface area (Å²) in [5, 5.41) is 8.60. The number of aromatic amines is 1. The summed E-state index contributed by atoms with van der Waals surface area (Å²) < 4.78 is 19.2. The highest BCUT2D eigenvalue weighted by molar-refractivity contribution is 5.93. The molecule has 0 spiro atoms. The van der Waals surface area contributed by atoms with Gasteiger partial charge in [0, 0.05) is 36.7 Å². The van der Waals surface area contributed by atoms with E-state index in [2.05, 4.69) is 36.0 Å². The van der Waals surface area contributed by atoms with Crippen molar-refractivity contribution >= 4 is 22.8 Å². The lowest BCUT2D eigenvalue weighted by atomic mass is 9.92. The third-order valence-corrected chi connectivity index (χ3v) is 7.24. The standard InChI is InChI=1S/C25H26FN7O2/c1-2-25(7-8-25)15-35-24-28-19(23(34)33-13-17(26)14-33)12-20(29-24)32-10-5-16(6-11-32)21-18-4-3-9-27-22(18)31-30-21/h1,3-4,9,12,16-17H,5-8,10-11,13-15H2,(H,27,30,31). The third kappa shape index (κ3) is 4.16. The Morgan fingerprint density at radius 1 is 1.29 bits per heavy atom. The summed E-state index contributed by atoms with van der Waals surface area (Å²) in [7, 11) is 0. The van der Waals surface area contributed by atoms with Crippen LogP contribution in [0, 0.1) is 17.8 Å². The summed E-state index contributed by atoms with van der Waals surface area (Å²) in [5.41, 5.74) is 1.79. The molecule has 0 unspecified atom stereocenters. The molecule has 0 radical (unpaired) electrons. The van der Waals surface area contributed by atoms with E-state index in [9.17, 15) is 9.18 Å². The fourth-order valence-corrected chi connectivity index (χ4v) is 4.75. The number of ether oxygens (including phenoxy) is 1. The van der Waals surface area contributed by atoms with E-state index in [0.717, 1.165) is 55.5 Å². The molecular weight excluding hydrogens is 449 g/mol. The molecule has 6 rings (SSSR count). The number of fused-ring (bicyclic) bond motifs is 1. The number of terminal acetylenes is 1. The normalized spacial score (nSPS) is 19.9. The van der Waals surface area contributed by atoms with Gasteiger partial charge in [0.15, 0.2) is 5.65 Å². The van der Waals surface area contributed by atoms with Gasteiger partial charge in [-0.15, -0.1) is 6.42 Å². The molecule has 1 N–H and O–H groups in total. The van der Waals surface area contributed by atoms with Crippen LogP contribution in [0.25, 0.3) is 11.0 Å². The molecule has 3 aromatic rings. The SMILES string of the molecule is C#CC1(COc2nc(C(=O)N3CC(F)C3)cc(N3CCC(c4n[nH]c5ncccc45)CC3)n2)CC1. The average molecular weight is 476 g/mol. The second-order valence-electron chi connectivity index (χ2n) is 9.68. The second kappa shape index (κ2) is 8.48. The fraction of sp³-hybridized carbons (Fsp3) is 0.480. The monoisotopic (exact) mass is 475 g/mol. The van der Waals surface area contributed by atoms with E-state index in [1.165, 1.54) is 4.90 Å². The molecule has 3 fully saturated rings. The zero-order valence-corrected chi connectivity index (χ0v) is 19.3. The van der Waals surface area contributed by atoms with Crippen molar-refractivity contribution in [2.75, 3.05) is 37.7 Å². The highest BCUT2D eigenvalue weighted by Crippen LogP contribution is 2.45. The molecule has 3 aromatic heterocycles. The molecule has 180 valence electrons. The molecule has 5 heterocycles. The molecular formula is C25H26FN7O2. The number of nitrogens with one attached hydrogen (secondary N) is 1. The number of carbonyl (C=O) groups excluding carboxylic acids is 1. The van der Waals surface area contributed by atoms with Gasteiger partial charge in [0.25, 0.3) is 5.91 Å². The first-order chi connectivity index (χ1) is 17.0. The van der Waals surface area contributed by atoms with Crippen molar-refractivity contribution in [3.63, 3.8) is 0 Å². The van der Waals surface area contributed by atoms with E-state index in [-0.39, 0.29) is 36.1 Å². The smallest absolute Gasteiger partial charge is 0.319 e. The Hall–Kier alpha value is -3.74. The van der Waals surface area contributed by atoms with Gasteiger partial charge in [-0.1, -0.05) is 5.92 Å². The Balaban J connectivity index is 1.21. The molecule has 0 atom stereocenters. The Kier molecular flexibility index (Phi) is 5.28. The van der Waals surface area contributed by atoms with Crippen molar-refractivity contribution in [2.45, 2.75) is 37.8 Å². The van der Waals surface area contributed by atoms with Gasteiger partial charge in [-0.05, 0) is 37.8 Å². The average Bonchev–Trinajstić information content (AvgIpc) is 3.54. The van der Waals surface area contributed by atoms with E-state index in [4.69, 9.17) is 11.2 Å². The molecule has 9 nitrogen and oxygen atoms in total. The number of H-pyrrole nitrogens is 1. The maximum absolute atomic E-state index is 13.4. The minimum absolute atomic E-state index is 0.0897. The quantitative estimate of drug-likeness (QED) is 0.547. The maximum Gasteiger partial charge on any atom is 0.319 e. The number of likely N-dealkylation sites (tertiary alicyclic amines) is 1. The largest absolute Gasteiger partial charge is 0.462 e. The van der Waals surface area contributed by atoms with E-state index in [0.29, 0.717) is 18.3 Å². The van der Waals surface area contributed by atoms with Crippen LogP contribution in [-0.4, -0.2) is 74.9 Å². The lowest BCUT2D eigenvalue weighted by Gasteiger charge is -2.35. The van der Waals surface area contributed by atoms with Gasteiger partial charge in [0.2, 0.25) is 0 Å². The number of piperidine rings is 1. The molecule has 2 saturated heterocycles. The zero-order chi connectivity index (χ0) is 24.0. The third-order valence-electron chi connectivity index (χ3n) is 7.24. The number of hydrogen-bond acceptors (Lipinski definition) is 7. The number of aromatic nitrogens is 5. The van der Waals surface area contributed by atoms with Crippen LogP contribution in [0.1, 0.15) is 47.8 Å². The number of rotatable bonds is 6. The minimum atomic E-state index is -0.978. The minimum Gasteiger partial charge on any atom is -0.462 e. The Morgan fingerprint density at radius 3 is 2.80 bits per heavy atom. The van der Waals surface area contributed by atoms with Gasteiger partial charge in [0.05, 0.1) is 24.2 Å².